The minimum absolute atomic E-state index is 0.207. The lowest BCUT2D eigenvalue weighted by atomic mass is 9.99. The number of rotatable bonds is 2. The van der Waals surface area contributed by atoms with Crippen molar-refractivity contribution < 1.29 is 27.1 Å². The molecule has 0 amide bonds. The number of benzene rings is 2. The summed E-state index contributed by atoms with van der Waals surface area (Å²) in [7, 11) is 0. The summed E-state index contributed by atoms with van der Waals surface area (Å²) >= 11 is 5.55. The van der Waals surface area contributed by atoms with Crippen LogP contribution in [0.2, 0.25) is 5.02 Å². The van der Waals surface area contributed by atoms with Gasteiger partial charge in [-0.2, -0.15) is 13.2 Å². The molecule has 2 aromatic carbocycles. The van der Waals surface area contributed by atoms with E-state index in [2.05, 4.69) is 0 Å². The van der Waals surface area contributed by atoms with Gasteiger partial charge in [-0.3, -0.25) is 0 Å². The van der Waals surface area contributed by atoms with Crippen LogP contribution >= 0.6 is 11.6 Å². The van der Waals surface area contributed by atoms with Crippen molar-refractivity contribution in [3.05, 3.63) is 69.7 Å². The van der Waals surface area contributed by atoms with Crippen LogP contribution in [0, 0.1) is 11.6 Å². The van der Waals surface area contributed by atoms with E-state index in [9.17, 15) is 27.1 Å². The SMILES string of the molecule is OC(c1ccc(C(F)(F)F)c(F)c1)c1cccc(Cl)c1F. The van der Waals surface area contributed by atoms with Crippen molar-refractivity contribution in [1.29, 1.82) is 0 Å². The molecule has 0 bridgehead atoms. The monoisotopic (exact) mass is 322 g/mol. The Balaban J connectivity index is 2.43. The molecule has 0 saturated carbocycles. The lowest BCUT2D eigenvalue weighted by Crippen LogP contribution is -2.10. The van der Waals surface area contributed by atoms with Gasteiger partial charge in [-0.15, -0.1) is 0 Å². The summed E-state index contributed by atoms with van der Waals surface area (Å²) in [6.07, 6.45) is -6.46. The Labute approximate surface area is 121 Å². The van der Waals surface area contributed by atoms with E-state index in [1.54, 1.807) is 0 Å². The standard InChI is InChI=1S/C14H8ClF5O/c15-10-3-1-2-8(12(10)17)13(21)7-4-5-9(11(16)6-7)14(18,19)20/h1-6,13,21H. The van der Waals surface area contributed by atoms with Crippen molar-refractivity contribution in [1.82, 2.24) is 0 Å². The molecule has 0 heterocycles. The van der Waals surface area contributed by atoms with Gasteiger partial charge < -0.3 is 5.11 Å². The number of halogens is 6. The molecule has 1 atom stereocenters. The van der Waals surface area contributed by atoms with Crippen LogP contribution in [0.25, 0.3) is 0 Å². The molecule has 21 heavy (non-hydrogen) atoms. The highest BCUT2D eigenvalue weighted by molar-refractivity contribution is 6.30. The first-order chi connectivity index (χ1) is 9.71. The van der Waals surface area contributed by atoms with Crippen LogP contribution in [0.1, 0.15) is 22.8 Å². The van der Waals surface area contributed by atoms with Crippen LogP contribution in [0.4, 0.5) is 22.0 Å². The van der Waals surface area contributed by atoms with E-state index >= 15 is 0 Å². The fourth-order valence-corrected chi connectivity index (χ4v) is 2.02. The van der Waals surface area contributed by atoms with Crippen molar-refractivity contribution >= 4 is 11.6 Å². The van der Waals surface area contributed by atoms with Gasteiger partial charge in [0.1, 0.15) is 17.7 Å². The maximum Gasteiger partial charge on any atom is 0.419 e. The topological polar surface area (TPSA) is 20.2 Å². The highest BCUT2D eigenvalue weighted by Gasteiger charge is 2.34. The molecule has 2 aromatic rings. The van der Waals surface area contributed by atoms with Crippen LogP contribution in [0.3, 0.4) is 0 Å². The van der Waals surface area contributed by atoms with Gasteiger partial charge in [0.15, 0.2) is 0 Å². The molecule has 0 radical (unpaired) electrons. The summed E-state index contributed by atoms with van der Waals surface area (Å²) in [5.41, 5.74) is -1.91. The third kappa shape index (κ3) is 3.16. The first kappa shape index (κ1) is 15.7. The molecule has 112 valence electrons. The van der Waals surface area contributed by atoms with Crippen molar-refractivity contribution in [2.45, 2.75) is 12.3 Å². The Hall–Kier alpha value is -1.66. The van der Waals surface area contributed by atoms with Crippen LogP contribution < -0.4 is 0 Å². The third-order valence-electron chi connectivity index (χ3n) is 2.89. The second kappa shape index (κ2) is 5.61. The van der Waals surface area contributed by atoms with E-state index in [-0.39, 0.29) is 16.1 Å². The van der Waals surface area contributed by atoms with Gasteiger partial charge in [0.05, 0.1) is 10.6 Å². The highest BCUT2D eigenvalue weighted by atomic mass is 35.5. The molecule has 0 saturated heterocycles. The van der Waals surface area contributed by atoms with Gasteiger partial charge in [0.2, 0.25) is 0 Å². The summed E-state index contributed by atoms with van der Waals surface area (Å²) in [5.74, 6) is -2.45. The fourth-order valence-electron chi connectivity index (χ4n) is 1.84. The van der Waals surface area contributed by atoms with Gasteiger partial charge in [0, 0.05) is 5.56 Å². The van der Waals surface area contributed by atoms with Gasteiger partial charge in [0.25, 0.3) is 0 Å². The average molecular weight is 323 g/mol. The Kier molecular flexibility index (Phi) is 4.20. The number of hydrogen-bond donors (Lipinski definition) is 1. The minimum atomic E-state index is -4.84. The van der Waals surface area contributed by atoms with Crippen molar-refractivity contribution in [2.75, 3.05) is 0 Å². The Morgan fingerprint density at radius 1 is 1.05 bits per heavy atom. The zero-order valence-corrected chi connectivity index (χ0v) is 11.0. The summed E-state index contributed by atoms with van der Waals surface area (Å²) < 4.78 is 64.5. The van der Waals surface area contributed by atoms with E-state index in [4.69, 9.17) is 11.6 Å². The molecular weight excluding hydrogens is 315 g/mol. The van der Waals surface area contributed by atoms with Crippen LogP contribution in [0.15, 0.2) is 36.4 Å². The number of alkyl halides is 3. The molecule has 1 N–H and O–H groups in total. The molecule has 7 heteroatoms. The quantitative estimate of drug-likeness (QED) is 0.793. The van der Waals surface area contributed by atoms with Crippen molar-refractivity contribution in [3.63, 3.8) is 0 Å². The number of aliphatic hydroxyl groups excluding tert-OH is 1. The highest BCUT2D eigenvalue weighted by Crippen LogP contribution is 2.34. The van der Waals surface area contributed by atoms with Crippen LogP contribution in [-0.2, 0) is 6.18 Å². The van der Waals surface area contributed by atoms with E-state index in [1.807, 2.05) is 0 Å². The second-order valence-corrected chi connectivity index (χ2v) is 4.69. The predicted octanol–water partition coefficient (Wildman–Crippen LogP) is 4.72. The van der Waals surface area contributed by atoms with Gasteiger partial charge in [-0.1, -0.05) is 29.8 Å². The Morgan fingerprint density at radius 2 is 1.71 bits per heavy atom. The fraction of sp³-hybridized carbons (Fsp3) is 0.143. The average Bonchev–Trinajstić information content (AvgIpc) is 2.39. The summed E-state index contributed by atoms with van der Waals surface area (Å²) in [6, 6.07) is 5.73. The molecule has 1 nitrogen and oxygen atoms in total. The lowest BCUT2D eigenvalue weighted by Gasteiger charge is -2.15. The normalized spacial score (nSPS) is 13.3. The predicted molar refractivity (Wildman–Crippen MR) is 66.9 cm³/mol. The lowest BCUT2D eigenvalue weighted by molar-refractivity contribution is -0.140. The Bertz CT molecular complexity index is 669. The molecule has 0 aliphatic heterocycles. The molecule has 1 unspecified atom stereocenters. The van der Waals surface area contributed by atoms with E-state index in [1.165, 1.54) is 18.2 Å². The minimum Gasteiger partial charge on any atom is -0.384 e. The number of aliphatic hydroxyl groups is 1. The van der Waals surface area contributed by atoms with Gasteiger partial charge >= 0.3 is 6.18 Å². The van der Waals surface area contributed by atoms with Gasteiger partial charge in [-0.25, -0.2) is 8.78 Å². The maximum absolute atomic E-state index is 13.7. The summed E-state index contributed by atoms with van der Waals surface area (Å²) in [6.45, 7) is 0. The maximum atomic E-state index is 13.7. The Morgan fingerprint density at radius 3 is 2.29 bits per heavy atom. The second-order valence-electron chi connectivity index (χ2n) is 4.28. The van der Waals surface area contributed by atoms with Crippen LogP contribution in [0.5, 0.6) is 0 Å². The van der Waals surface area contributed by atoms with E-state index in [0.717, 1.165) is 6.07 Å². The molecule has 0 aliphatic rings. The molecule has 2 rings (SSSR count). The van der Waals surface area contributed by atoms with Crippen LogP contribution in [-0.4, -0.2) is 5.11 Å². The van der Waals surface area contributed by atoms with Crippen molar-refractivity contribution in [2.24, 2.45) is 0 Å². The molecule has 0 spiro atoms. The molecule has 0 aliphatic carbocycles. The van der Waals surface area contributed by atoms with Gasteiger partial charge in [-0.05, 0) is 23.8 Å². The molecule has 0 aromatic heterocycles. The first-order valence-electron chi connectivity index (χ1n) is 5.70. The smallest absolute Gasteiger partial charge is 0.384 e. The molecule has 0 fully saturated rings. The number of hydrogen-bond acceptors (Lipinski definition) is 1. The van der Waals surface area contributed by atoms with E-state index < -0.39 is 29.5 Å². The first-order valence-corrected chi connectivity index (χ1v) is 6.08. The summed E-state index contributed by atoms with van der Waals surface area (Å²) in [5, 5.41) is 9.72. The summed E-state index contributed by atoms with van der Waals surface area (Å²) in [4.78, 5) is 0. The largest absolute Gasteiger partial charge is 0.419 e. The third-order valence-corrected chi connectivity index (χ3v) is 3.18. The van der Waals surface area contributed by atoms with E-state index in [0.29, 0.717) is 12.1 Å². The van der Waals surface area contributed by atoms with Crippen molar-refractivity contribution in [3.8, 4) is 0 Å². The molecular formula is C14H8ClF5O. The zero-order chi connectivity index (χ0) is 15.8. The zero-order valence-electron chi connectivity index (χ0n) is 10.3.